The highest BCUT2D eigenvalue weighted by atomic mass is 32.1. The van der Waals surface area contributed by atoms with E-state index in [2.05, 4.69) is 15.5 Å². The summed E-state index contributed by atoms with van der Waals surface area (Å²) in [5.41, 5.74) is 1.66. The van der Waals surface area contributed by atoms with Crippen molar-refractivity contribution < 1.29 is 14.0 Å². The number of aryl methyl sites for hydroxylation is 2. The van der Waals surface area contributed by atoms with Gasteiger partial charge < -0.3 is 20.0 Å². The van der Waals surface area contributed by atoms with Crippen LogP contribution in [0.5, 0.6) is 0 Å². The van der Waals surface area contributed by atoms with Crippen LogP contribution in [0.1, 0.15) is 40.1 Å². The highest BCUT2D eigenvalue weighted by molar-refractivity contribution is 7.07. The molecule has 1 aliphatic heterocycles. The molecule has 2 amide bonds. The summed E-state index contributed by atoms with van der Waals surface area (Å²) in [6.07, 6.45) is 1.41. The second-order valence-corrected chi connectivity index (χ2v) is 8.47. The van der Waals surface area contributed by atoms with Crippen LogP contribution in [0.4, 0.5) is 0 Å². The predicted molar refractivity (Wildman–Crippen MR) is 112 cm³/mol. The SMILES string of the molecule is Cc1cc(=O)oc(C)c1C(=O)N[C@H]1CC[C@@H](C(=O)NCc2ccsc2)CN(C)C1. The molecule has 0 spiro atoms. The number of carbonyl (C=O) groups excluding carboxylic acids is 2. The normalized spacial score (nSPS) is 20.1. The third-order valence-electron chi connectivity index (χ3n) is 5.24. The lowest BCUT2D eigenvalue weighted by atomic mass is 10.0. The van der Waals surface area contributed by atoms with E-state index in [0.717, 1.165) is 5.56 Å². The molecule has 0 bridgehead atoms. The Morgan fingerprint density at radius 1 is 1.28 bits per heavy atom. The molecule has 7 nitrogen and oxygen atoms in total. The summed E-state index contributed by atoms with van der Waals surface area (Å²) >= 11 is 1.61. The molecule has 1 aliphatic rings. The third-order valence-corrected chi connectivity index (χ3v) is 5.97. The molecule has 2 atom stereocenters. The Labute approximate surface area is 174 Å². The lowest BCUT2D eigenvalue weighted by Crippen LogP contribution is -2.42. The summed E-state index contributed by atoms with van der Waals surface area (Å²) in [5, 5.41) is 10.1. The number of amides is 2. The van der Waals surface area contributed by atoms with Crippen molar-refractivity contribution in [3.8, 4) is 0 Å². The molecule has 1 fully saturated rings. The summed E-state index contributed by atoms with van der Waals surface area (Å²) in [4.78, 5) is 38.9. The highest BCUT2D eigenvalue weighted by Crippen LogP contribution is 2.18. The Hall–Kier alpha value is -2.45. The van der Waals surface area contributed by atoms with Gasteiger partial charge in [0, 0.05) is 31.7 Å². The van der Waals surface area contributed by atoms with Gasteiger partial charge in [-0.1, -0.05) is 0 Å². The molecule has 0 radical (unpaired) electrons. The smallest absolute Gasteiger partial charge is 0.336 e. The maximum absolute atomic E-state index is 12.8. The maximum atomic E-state index is 12.8. The van der Waals surface area contributed by atoms with Gasteiger partial charge in [0.2, 0.25) is 5.91 Å². The van der Waals surface area contributed by atoms with Gasteiger partial charge in [0.25, 0.3) is 5.91 Å². The van der Waals surface area contributed by atoms with E-state index < -0.39 is 5.63 Å². The molecule has 1 saturated heterocycles. The van der Waals surface area contributed by atoms with Crippen molar-refractivity contribution >= 4 is 23.2 Å². The Balaban J connectivity index is 1.59. The fourth-order valence-corrected chi connectivity index (χ4v) is 4.49. The minimum Gasteiger partial charge on any atom is -0.427 e. The van der Waals surface area contributed by atoms with E-state index in [1.54, 1.807) is 25.2 Å². The zero-order valence-electron chi connectivity index (χ0n) is 17.0. The summed E-state index contributed by atoms with van der Waals surface area (Å²) in [6, 6.07) is 3.26. The first-order chi connectivity index (χ1) is 13.8. The van der Waals surface area contributed by atoms with Crippen LogP contribution in [-0.2, 0) is 11.3 Å². The standard InChI is InChI=1S/C21H27N3O4S/c1-13-8-18(25)28-14(2)19(13)21(27)23-17-5-4-16(10-24(3)11-17)20(26)22-9-15-6-7-29-12-15/h6-8,12,16-17H,4-5,9-11H2,1-3H3,(H,22,26)(H,23,27)/t16-,17+/m1/s1. The van der Waals surface area contributed by atoms with Crippen LogP contribution < -0.4 is 16.3 Å². The van der Waals surface area contributed by atoms with E-state index in [4.69, 9.17) is 4.42 Å². The van der Waals surface area contributed by atoms with E-state index in [9.17, 15) is 14.4 Å². The monoisotopic (exact) mass is 417 g/mol. The number of carbonyl (C=O) groups is 2. The summed E-state index contributed by atoms with van der Waals surface area (Å²) in [6.45, 7) is 5.21. The predicted octanol–water partition coefficient (Wildman–Crippen LogP) is 2.07. The van der Waals surface area contributed by atoms with E-state index in [1.807, 2.05) is 23.9 Å². The van der Waals surface area contributed by atoms with Gasteiger partial charge in [-0.3, -0.25) is 9.59 Å². The van der Waals surface area contributed by atoms with Gasteiger partial charge in [0.1, 0.15) is 5.76 Å². The van der Waals surface area contributed by atoms with Crippen LogP contribution >= 0.6 is 11.3 Å². The lowest BCUT2D eigenvalue weighted by molar-refractivity contribution is -0.125. The largest absolute Gasteiger partial charge is 0.427 e. The molecule has 2 aromatic rings. The Morgan fingerprint density at radius 3 is 2.76 bits per heavy atom. The van der Waals surface area contributed by atoms with Crippen LogP contribution in [0.25, 0.3) is 0 Å². The van der Waals surface area contributed by atoms with E-state index in [0.29, 0.717) is 49.4 Å². The number of nitrogens with zero attached hydrogens (tertiary/aromatic N) is 1. The zero-order chi connectivity index (χ0) is 21.0. The summed E-state index contributed by atoms with van der Waals surface area (Å²) < 4.78 is 5.07. The van der Waals surface area contributed by atoms with Crippen LogP contribution in [0.15, 0.2) is 32.1 Å². The minimum atomic E-state index is -0.456. The molecule has 0 unspecified atom stereocenters. The van der Waals surface area contributed by atoms with Crippen molar-refractivity contribution in [2.24, 2.45) is 5.92 Å². The second-order valence-electron chi connectivity index (χ2n) is 7.69. The van der Waals surface area contributed by atoms with Crippen LogP contribution in [-0.4, -0.2) is 42.9 Å². The lowest BCUT2D eigenvalue weighted by Gasteiger charge is -2.22. The van der Waals surface area contributed by atoms with Gasteiger partial charge in [0.05, 0.1) is 11.5 Å². The first-order valence-electron chi connectivity index (χ1n) is 9.73. The van der Waals surface area contributed by atoms with Gasteiger partial charge in [-0.05, 0) is 61.7 Å². The molecule has 0 saturated carbocycles. The summed E-state index contributed by atoms with van der Waals surface area (Å²) in [5.74, 6) is 0.00739. The molecule has 29 heavy (non-hydrogen) atoms. The van der Waals surface area contributed by atoms with Gasteiger partial charge >= 0.3 is 5.63 Å². The van der Waals surface area contributed by atoms with Crippen molar-refractivity contribution in [3.05, 3.63) is 55.8 Å². The average Bonchev–Trinajstić information content (AvgIpc) is 3.08. The Bertz CT molecular complexity index is 896. The van der Waals surface area contributed by atoms with Crippen LogP contribution in [0.2, 0.25) is 0 Å². The molecule has 0 aliphatic carbocycles. The third kappa shape index (κ3) is 5.55. The molecular weight excluding hydrogens is 390 g/mol. The molecule has 8 heteroatoms. The number of nitrogens with one attached hydrogen (secondary N) is 2. The Morgan fingerprint density at radius 2 is 2.07 bits per heavy atom. The zero-order valence-corrected chi connectivity index (χ0v) is 17.8. The molecular formula is C21H27N3O4S. The molecule has 3 rings (SSSR count). The molecule has 0 aromatic carbocycles. The van der Waals surface area contributed by atoms with E-state index in [-0.39, 0.29) is 23.8 Å². The van der Waals surface area contributed by atoms with Crippen molar-refractivity contribution in [2.45, 2.75) is 39.3 Å². The topological polar surface area (TPSA) is 91.6 Å². The van der Waals surface area contributed by atoms with Crippen LogP contribution in [0.3, 0.4) is 0 Å². The fraction of sp³-hybridized carbons (Fsp3) is 0.476. The molecule has 3 heterocycles. The maximum Gasteiger partial charge on any atom is 0.336 e. The van der Waals surface area contributed by atoms with Crippen molar-refractivity contribution in [1.29, 1.82) is 0 Å². The van der Waals surface area contributed by atoms with Crippen molar-refractivity contribution in [3.63, 3.8) is 0 Å². The van der Waals surface area contributed by atoms with Crippen molar-refractivity contribution in [2.75, 3.05) is 20.1 Å². The second kappa shape index (κ2) is 9.37. The first kappa shape index (κ1) is 21.3. The number of thiophene rings is 1. The average molecular weight is 418 g/mol. The van der Waals surface area contributed by atoms with Gasteiger partial charge in [-0.2, -0.15) is 11.3 Å². The molecule has 2 N–H and O–H groups in total. The molecule has 2 aromatic heterocycles. The number of likely N-dealkylation sites (N-methyl/N-ethyl adjacent to an activating group) is 1. The van der Waals surface area contributed by atoms with Gasteiger partial charge in [0.15, 0.2) is 0 Å². The van der Waals surface area contributed by atoms with E-state index >= 15 is 0 Å². The highest BCUT2D eigenvalue weighted by Gasteiger charge is 2.28. The van der Waals surface area contributed by atoms with Crippen LogP contribution in [0, 0.1) is 19.8 Å². The van der Waals surface area contributed by atoms with Crippen molar-refractivity contribution in [1.82, 2.24) is 15.5 Å². The van der Waals surface area contributed by atoms with E-state index in [1.165, 1.54) is 6.07 Å². The number of rotatable bonds is 5. The fourth-order valence-electron chi connectivity index (χ4n) is 3.83. The number of likely N-dealkylation sites (tertiary alicyclic amines) is 1. The number of hydrogen-bond donors (Lipinski definition) is 2. The first-order valence-corrected chi connectivity index (χ1v) is 10.7. The van der Waals surface area contributed by atoms with Gasteiger partial charge in [-0.15, -0.1) is 0 Å². The minimum absolute atomic E-state index is 0.0477. The molecule has 156 valence electrons. The quantitative estimate of drug-likeness (QED) is 0.777. The summed E-state index contributed by atoms with van der Waals surface area (Å²) in [7, 11) is 1.96. The van der Waals surface area contributed by atoms with Gasteiger partial charge in [-0.25, -0.2) is 4.79 Å². The Kier molecular flexibility index (Phi) is 6.87. The number of hydrogen-bond acceptors (Lipinski definition) is 6.